The van der Waals surface area contributed by atoms with Gasteiger partial charge in [-0.1, -0.05) is 307 Å². The second-order valence-corrected chi connectivity index (χ2v) is 76.9. The minimum Gasteiger partial charge on any atom is -0.543 e. The zero-order valence-corrected chi connectivity index (χ0v) is 95.6. The number of hydrogen-bond acceptors (Lipinski definition) is 12. The van der Waals surface area contributed by atoms with E-state index in [1.165, 1.54) is 0 Å². The minimum absolute atomic E-state index is 0.0988. The number of furan rings is 6. The molecular weight excluding hydrogens is 1870 g/mol. The van der Waals surface area contributed by atoms with E-state index in [9.17, 15) is 0 Å². The third kappa shape index (κ3) is 18.9. The molecule has 16 aliphatic rings. The molecule has 18 aromatic rings. The van der Waals surface area contributed by atoms with Crippen molar-refractivity contribution in [1.29, 1.82) is 0 Å². The predicted molar refractivity (Wildman–Crippen MR) is 615 cm³/mol. The third-order valence-corrected chi connectivity index (χ3v) is 58.6. The lowest BCUT2D eigenvalue weighted by molar-refractivity contribution is 0.488. The molecule has 0 N–H and O–H groups in total. The molecule has 12 nitrogen and oxygen atoms in total. The van der Waals surface area contributed by atoms with Gasteiger partial charge in [0.25, 0.3) is 49.9 Å². The smallest absolute Gasteiger partial charge is 0.250 e. The summed E-state index contributed by atoms with van der Waals surface area (Å²) in [6.07, 6.45) is 0. The summed E-state index contributed by atoms with van der Waals surface area (Å²) in [4.78, 5) is 0. The van der Waals surface area contributed by atoms with Crippen molar-refractivity contribution in [2.75, 3.05) is 0 Å². The highest BCUT2D eigenvalue weighted by Crippen LogP contribution is 2.57. The molecule has 0 saturated carbocycles. The summed E-state index contributed by atoms with van der Waals surface area (Å²) in [6.45, 7) is 69.2. The van der Waals surface area contributed by atoms with Gasteiger partial charge in [0, 0.05) is 65.7 Å². The van der Waals surface area contributed by atoms with Crippen LogP contribution in [0.2, 0.25) is 109 Å². The van der Waals surface area contributed by atoms with Crippen molar-refractivity contribution in [1.82, 2.24) is 0 Å². The van der Waals surface area contributed by atoms with Crippen molar-refractivity contribution in [3.63, 3.8) is 0 Å². The molecular formula is C126H138O12Si6. The summed E-state index contributed by atoms with van der Waals surface area (Å²) < 4.78 is 86.0. The van der Waals surface area contributed by atoms with Crippen LogP contribution in [-0.4, -0.2) is 49.9 Å². The van der Waals surface area contributed by atoms with Crippen molar-refractivity contribution >= 4 is 82.2 Å². The average molecular weight is 2010 g/mol. The first-order valence-corrected chi connectivity index (χ1v) is 68.2. The van der Waals surface area contributed by atoms with Crippen molar-refractivity contribution in [2.24, 2.45) is 0 Å². The Bertz CT molecular complexity index is 6680. The van der Waals surface area contributed by atoms with Crippen LogP contribution in [0.15, 0.2) is 318 Å². The van der Waals surface area contributed by atoms with Crippen LogP contribution in [0.4, 0.5) is 0 Å². The second kappa shape index (κ2) is 36.1. The standard InChI is InChI=1S/C126H138O12Si6/c1-121(2,3)139(19,20)133-109-73-74-110(134-140(21,22)122(4,5)6)116-92-56-55-91(115(109)116)79-31-43-85(44-32-79)97-61-67-103(127-97)104-69-63-99(129-104)87-47-35-81(36-48-87)93-57-58-95(119-113(137-143(27,28)125(13,14)15)76-75-111(117(93)119)135-141(23,24)123(7,8)9)83-39-51-89(52-40-83)101-65-71-107(131-101)108-72-66-102(132-108)90-53-41-84(42-54-90)96-60-59-94(118-112(136-142(25,26)124(10,11)12)77-78-114(120(96)118)138-144(29,30)126(16,17)18)82-37-49-88(50-38-82)100-64-70-106(130-100)105-68-62-98(128-105)86-45-33-80(92)34-46-86/h31-78H,1-30H3. The fourth-order valence-electron chi connectivity index (χ4n) is 17.5. The largest absolute Gasteiger partial charge is 0.543 e. The van der Waals surface area contributed by atoms with Crippen molar-refractivity contribution in [3.05, 3.63) is 291 Å². The van der Waals surface area contributed by atoms with Gasteiger partial charge >= 0.3 is 0 Å². The SMILES string of the molecule is CC(C)(C)[Si](C)(C)Oc1ccc(O[Si](C)(C)C(C)(C)C)c2c3ccc(c12)-c1ccc(cc1)-c1ccc(o1)-c1ccc(o1)-c1ccc(cc1)-c1ccc(c2c(O[Si](C)(C)C(C)(C)C)ccc(O[Si](C)(C)C(C)(C)C)c12)-c1ccc(cc1)-c1ccc(o1)-c1ccc(o1)-c1ccc(cc1)-c1ccc(c2c(O[Si](C)(C)C(C)(C)C)ccc(O[Si](C)(C)C(C)(C)C)c12)-c1ccc(cc1)-c1ccc(o1)-c1ccc(o1)-c1ccc-3cc1. The summed E-state index contributed by atoms with van der Waals surface area (Å²) in [7, 11) is -14.8. The molecule has 0 spiro atoms. The Hall–Kier alpha value is -12.8. The molecule has 0 radical (unpaired) electrons. The summed E-state index contributed by atoms with van der Waals surface area (Å²) in [5.74, 6) is 13.0. The Labute approximate surface area is 857 Å². The zero-order valence-electron chi connectivity index (χ0n) is 89.6. The number of hydrogen-bond donors (Lipinski definition) is 0. The topological polar surface area (TPSA) is 134 Å². The summed E-state index contributed by atoms with van der Waals surface area (Å²) in [5, 5.41) is 5.41. The monoisotopic (exact) mass is 2010 g/mol. The predicted octanol–water partition coefficient (Wildman–Crippen LogP) is 40.3. The lowest BCUT2D eigenvalue weighted by atomic mass is 9.90. The maximum Gasteiger partial charge on any atom is 0.250 e. The van der Waals surface area contributed by atoms with Crippen LogP contribution >= 0.6 is 0 Å². The minimum atomic E-state index is -2.47. The molecule has 0 fully saturated rings. The molecule has 0 aliphatic carbocycles. The summed E-state index contributed by atoms with van der Waals surface area (Å²) in [6, 6.07) is 103. The normalized spacial score (nSPS) is 13.2. The van der Waals surface area contributed by atoms with Crippen molar-refractivity contribution in [3.8, 4) is 204 Å². The van der Waals surface area contributed by atoms with E-state index >= 15 is 0 Å². The number of rotatable bonds is 12. The Kier molecular flexibility index (Phi) is 25.1. The highest BCUT2D eigenvalue weighted by Gasteiger charge is 2.47. The molecule has 0 saturated heterocycles. The molecule has 22 heterocycles. The first-order valence-electron chi connectivity index (χ1n) is 50.8. The van der Waals surface area contributed by atoms with Gasteiger partial charge in [0.15, 0.2) is 34.6 Å². The second-order valence-electron chi connectivity index (χ2n) is 48.5. The van der Waals surface area contributed by atoms with E-state index < -0.39 is 49.9 Å². The molecule has 0 amide bonds. The van der Waals surface area contributed by atoms with Crippen LogP contribution in [0.1, 0.15) is 125 Å². The summed E-state index contributed by atoms with van der Waals surface area (Å²) >= 11 is 0. The highest BCUT2D eigenvalue weighted by molar-refractivity contribution is 6.77. The van der Waals surface area contributed by atoms with Gasteiger partial charge in [0.1, 0.15) is 69.1 Å². The fourth-order valence-corrected chi connectivity index (χ4v) is 23.6. The zero-order chi connectivity index (χ0) is 103. The lowest BCUT2D eigenvalue weighted by Crippen LogP contribution is -2.44. The van der Waals surface area contributed by atoms with E-state index in [0.29, 0.717) is 69.1 Å². The summed E-state index contributed by atoms with van der Waals surface area (Å²) in [5.41, 5.74) is 17.9. The third-order valence-electron chi connectivity index (χ3n) is 32.5. The van der Waals surface area contributed by atoms with Crippen LogP contribution in [0, 0.1) is 0 Å². The quantitative estimate of drug-likeness (QED) is 0.108. The van der Waals surface area contributed by atoms with E-state index in [-0.39, 0.29) is 30.2 Å². The van der Waals surface area contributed by atoms with Gasteiger partial charge in [0.05, 0.1) is 0 Å². The first kappa shape index (κ1) is 99.9. The van der Waals surface area contributed by atoms with Gasteiger partial charge in [-0.2, -0.15) is 0 Å². The van der Waals surface area contributed by atoms with E-state index in [1.807, 2.05) is 72.8 Å². The first-order chi connectivity index (χ1) is 67.6. The van der Waals surface area contributed by atoms with Crippen molar-refractivity contribution < 1.29 is 53.1 Å². The van der Waals surface area contributed by atoms with E-state index in [1.54, 1.807) is 0 Å². The lowest BCUT2D eigenvalue weighted by Gasteiger charge is -2.38. The Morgan fingerprint density at radius 2 is 0.236 bits per heavy atom. The number of benzene rings is 12. The highest BCUT2D eigenvalue weighted by atomic mass is 28.4. The van der Waals surface area contributed by atoms with E-state index in [4.69, 9.17) is 53.1 Å². The van der Waals surface area contributed by atoms with Crippen molar-refractivity contribution in [2.45, 2.75) is 233 Å². The maximum absolute atomic E-state index is 7.55. The van der Waals surface area contributed by atoms with Crippen LogP contribution < -0.4 is 26.6 Å². The molecule has 18 heteroatoms. The Morgan fingerprint density at radius 3 is 0.347 bits per heavy atom. The van der Waals surface area contributed by atoms with Crippen LogP contribution in [0.25, 0.3) is 202 Å². The molecule has 34 rings (SSSR count). The molecule has 144 heavy (non-hydrogen) atoms. The fraction of sp³-hybridized carbons (Fsp3) is 0.286. The van der Waals surface area contributed by atoms with Gasteiger partial charge in [-0.3, -0.25) is 0 Å². The molecule has 12 aromatic carbocycles. The molecule has 30 bridgehead atoms. The van der Waals surface area contributed by atoms with Crippen LogP contribution in [0.3, 0.4) is 0 Å². The van der Waals surface area contributed by atoms with E-state index in [2.05, 4.69) is 422 Å². The Balaban J connectivity index is 0.743. The van der Waals surface area contributed by atoms with Gasteiger partial charge in [-0.05, 0) is 285 Å². The molecule has 0 atom stereocenters. The van der Waals surface area contributed by atoms with Crippen LogP contribution in [0.5, 0.6) is 34.5 Å². The molecule has 0 unspecified atom stereocenters. The van der Waals surface area contributed by atoms with Gasteiger partial charge in [-0.15, -0.1) is 0 Å². The van der Waals surface area contributed by atoms with Crippen LogP contribution in [-0.2, 0) is 0 Å². The molecule has 16 aliphatic heterocycles. The molecule has 6 aromatic heterocycles. The average Bonchev–Trinajstić information content (AvgIpc) is 0.990. The van der Waals surface area contributed by atoms with Gasteiger partial charge in [-0.25, -0.2) is 0 Å². The molecule has 738 valence electrons. The van der Waals surface area contributed by atoms with Gasteiger partial charge in [0.2, 0.25) is 0 Å². The maximum atomic E-state index is 7.55. The Morgan fingerprint density at radius 1 is 0.132 bits per heavy atom. The van der Waals surface area contributed by atoms with Gasteiger partial charge < -0.3 is 53.1 Å². The van der Waals surface area contributed by atoms with E-state index in [0.717, 1.165) is 167 Å².